The number of carbonyl (C=O) groups is 2. The summed E-state index contributed by atoms with van der Waals surface area (Å²) in [5, 5.41) is 18.5. The Bertz CT molecular complexity index is 1290. The molecule has 1 saturated carbocycles. The van der Waals surface area contributed by atoms with Crippen LogP contribution in [0.4, 0.5) is 5.82 Å². The highest BCUT2D eigenvalue weighted by Gasteiger charge is 2.29. The van der Waals surface area contributed by atoms with E-state index in [0.29, 0.717) is 11.4 Å². The minimum absolute atomic E-state index is 0.00919. The molecule has 0 radical (unpaired) electrons. The highest BCUT2D eigenvalue weighted by molar-refractivity contribution is 6.01. The number of aromatic nitrogens is 3. The molecule has 7 N–H and O–H groups in total. The Morgan fingerprint density at radius 3 is 2.83 bits per heavy atom. The van der Waals surface area contributed by atoms with Crippen molar-refractivity contribution in [1.82, 2.24) is 25.6 Å². The van der Waals surface area contributed by atoms with Crippen LogP contribution in [0.1, 0.15) is 60.4 Å². The van der Waals surface area contributed by atoms with Gasteiger partial charge in [0.15, 0.2) is 0 Å². The first-order valence-corrected chi connectivity index (χ1v) is 12.1. The van der Waals surface area contributed by atoms with E-state index in [1.807, 2.05) is 38.1 Å². The summed E-state index contributed by atoms with van der Waals surface area (Å²) in [6.45, 7) is 3.51. The maximum Gasteiger partial charge on any atom is 0.253 e. The number of fused-ring (bicyclic) bond motifs is 2. The molecule has 5 rings (SSSR count). The monoisotopic (exact) mass is 477 g/mol. The Balaban J connectivity index is 1.40. The van der Waals surface area contributed by atoms with Gasteiger partial charge in [-0.25, -0.2) is 9.97 Å². The van der Waals surface area contributed by atoms with Crippen molar-refractivity contribution in [2.24, 2.45) is 5.73 Å². The van der Waals surface area contributed by atoms with Crippen LogP contribution in [-0.2, 0) is 4.79 Å². The fourth-order valence-electron chi connectivity index (χ4n) is 5.05. The van der Waals surface area contributed by atoms with Gasteiger partial charge in [-0.1, -0.05) is 12.1 Å². The van der Waals surface area contributed by atoms with Gasteiger partial charge < -0.3 is 31.8 Å². The van der Waals surface area contributed by atoms with Crippen molar-refractivity contribution >= 4 is 28.7 Å². The van der Waals surface area contributed by atoms with E-state index in [4.69, 9.17) is 20.8 Å². The van der Waals surface area contributed by atoms with Crippen LogP contribution in [0.15, 0.2) is 24.3 Å². The number of H-pyrrole nitrogens is 1. The van der Waals surface area contributed by atoms with Gasteiger partial charge in [0, 0.05) is 23.3 Å². The number of anilines is 1. The number of carbonyl (C=O) groups excluding carboxylic acids is 2. The third-order valence-corrected chi connectivity index (χ3v) is 6.93. The summed E-state index contributed by atoms with van der Waals surface area (Å²) in [5.74, 6) is 0.308. The number of benzene rings is 1. The van der Waals surface area contributed by atoms with Crippen molar-refractivity contribution in [2.75, 3.05) is 11.9 Å². The number of amides is 2. The van der Waals surface area contributed by atoms with E-state index in [2.05, 4.69) is 20.9 Å². The van der Waals surface area contributed by atoms with E-state index >= 15 is 0 Å². The number of aryl methyl sites for hydroxylation is 1. The average molecular weight is 478 g/mol. The van der Waals surface area contributed by atoms with E-state index in [9.17, 15) is 9.59 Å². The largest absolute Gasteiger partial charge is 0.394 e. The lowest BCUT2D eigenvalue weighted by atomic mass is 9.90. The molecular weight excluding hydrogens is 446 g/mol. The molecule has 1 aliphatic carbocycles. The van der Waals surface area contributed by atoms with E-state index in [1.54, 1.807) is 0 Å². The first-order chi connectivity index (χ1) is 16.8. The van der Waals surface area contributed by atoms with Gasteiger partial charge in [0.1, 0.15) is 17.4 Å². The van der Waals surface area contributed by atoms with Crippen molar-refractivity contribution < 1.29 is 14.7 Å². The molecule has 2 aromatic heterocycles. The summed E-state index contributed by atoms with van der Waals surface area (Å²) < 4.78 is 0. The molecule has 0 bridgehead atoms. The summed E-state index contributed by atoms with van der Waals surface area (Å²) in [6.07, 6.45) is 3.52. The van der Waals surface area contributed by atoms with Crippen molar-refractivity contribution in [3.63, 3.8) is 0 Å². The number of aliphatic hydroxyl groups excluding tert-OH is 1. The molecule has 1 fully saturated rings. The number of nitrogens with two attached hydrogens (primary N) is 1. The van der Waals surface area contributed by atoms with Crippen LogP contribution in [0.25, 0.3) is 22.3 Å². The predicted octanol–water partition coefficient (Wildman–Crippen LogP) is 1.90. The SMILES string of the molecule is Cc1nc2cccc(-c3cc4c([nH]3)[C@@H](C)NC4=O)c2nc1N[C@H]1CCC[C@@H](NC(=O)[C@H](N)CO)C1. The van der Waals surface area contributed by atoms with Gasteiger partial charge in [0.2, 0.25) is 5.91 Å². The molecule has 10 nitrogen and oxygen atoms in total. The van der Waals surface area contributed by atoms with Crippen molar-refractivity contribution in [3.8, 4) is 11.3 Å². The van der Waals surface area contributed by atoms with Crippen molar-refractivity contribution in [1.29, 1.82) is 0 Å². The zero-order valence-corrected chi connectivity index (χ0v) is 19.9. The zero-order chi connectivity index (χ0) is 24.7. The Morgan fingerprint density at radius 1 is 1.26 bits per heavy atom. The molecule has 0 saturated heterocycles. The third kappa shape index (κ3) is 4.46. The van der Waals surface area contributed by atoms with Crippen LogP contribution in [0.3, 0.4) is 0 Å². The van der Waals surface area contributed by atoms with Crippen molar-refractivity contribution in [3.05, 3.63) is 41.2 Å². The number of rotatable bonds is 6. The Morgan fingerprint density at radius 2 is 2.06 bits per heavy atom. The Kier molecular flexibility index (Phi) is 6.16. The smallest absolute Gasteiger partial charge is 0.253 e. The van der Waals surface area contributed by atoms with Crippen LogP contribution >= 0.6 is 0 Å². The summed E-state index contributed by atoms with van der Waals surface area (Å²) >= 11 is 0. The topological polar surface area (TPSA) is 158 Å². The molecule has 1 aliphatic heterocycles. The van der Waals surface area contributed by atoms with Crippen LogP contribution in [-0.4, -0.2) is 56.6 Å². The quantitative estimate of drug-likeness (QED) is 0.316. The van der Waals surface area contributed by atoms with E-state index in [1.165, 1.54) is 0 Å². The van der Waals surface area contributed by atoms with Crippen molar-refractivity contribution in [2.45, 2.75) is 63.7 Å². The molecule has 0 unspecified atom stereocenters. The number of hydrogen-bond donors (Lipinski definition) is 6. The second-order valence-electron chi connectivity index (χ2n) is 9.54. The molecule has 3 heterocycles. The number of nitrogens with zero attached hydrogens (tertiary/aromatic N) is 2. The number of nitrogens with one attached hydrogen (secondary N) is 4. The second-order valence-corrected chi connectivity index (χ2v) is 9.54. The molecule has 10 heteroatoms. The van der Waals surface area contributed by atoms with Gasteiger partial charge in [-0.3, -0.25) is 9.59 Å². The first kappa shape index (κ1) is 23.3. The molecule has 184 valence electrons. The first-order valence-electron chi connectivity index (χ1n) is 12.1. The minimum Gasteiger partial charge on any atom is -0.394 e. The van der Waals surface area contributed by atoms with E-state index < -0.39 is 6.04 Å². The van der Waals surface area contributed by atoms with Gasteiger partial charge in [-0.2, -0.15) is 0 Å². The zero-order valence-electron chi connectivity index (χ0n) is 19.9. The Labute approximate surface area is 203 Å². The van der Waals surface area contributed by atoms with Gasteiger partial charge in [-0.15, -0.1) is 0 Å². The molecule has 3 aromatic rings. The lowest BCUT2D eigenvalue weighted by Crippen LogP contribution is -2.49. The molecule has 35 heavy (non-hydrogen) atoms. The van der Waals surface area contributed by atoms with Crippen LogP contribution in [0, 0.1) is 6.92 Å². The van der Waals surface area contributed by atoms with Gasteiger partial charge >= 0.3 is 0 Å². The lowest BCUT2D eigenvalue weighted by Gasteiger charge is -2.31. The number of hydrogen-bond acceptors (Lipinski definition) is 7. The molecular formula is C25H31N7O3. The maximum absolute atomic E-state index is 12.2. The molecule has 0 spiro atoms. The molecule has 2 amide bonds. The minimum atomic E-state index is -0.904. The average Bonchev–Trinajstić information content (AvgIpc) is 3.39. The highest BCUT2D eigenvalue weighted by atomic mass is 16.3. The molecule has 2 aliphatic rings. The summed E-state index contributed by atoms with van der Waals surface area (Å²) in [6, 6.07) is 6.89. The van der Waals surface area contributed by atoms with Crippen LogP contribution in [0.2, 0.25) is 0 Å². The van der Waals surface area contributed by atoms with E-state index in [-0.39, 0.29) is 36.5 Å². The molecule has 1 aromatic carbocycles. The summed E-state index contributed by atoms with van der Waals surface area (Å²) in [5.41, 5.74) is 11.3. The van der Waals surface area contributed by atoms with Gasteiger partial charge in [0.05, 0.1) is 35.1 Å². The Hall–Kier alpha value is -3.50. The van der Waals surface area contributed by atoms with Crippen LogP contribution in [0.5, 0.6) is 0 Å². The fraction of sp³-hybridized carbons (Fsp3) is 0.440. The maximum atomic E-state index is 12.2. The number of aromatic amines is 1. The summed E-state index contributed by atoms with van der Waals surface area (Å²) in [4.78, 5) is 37.5. The standard InChI is InChI=1S/C25H31N7O3/c1-12-21-17(24(34)28-12)10-20(31-21)16-7-4-8-19-22(16)32-23(13(2)27-19)29-14-5-3-6-15(9-14)30-25(35)18(26)11-33/h4,7-8,10,12,14-15,18,31,33H,3,5-6,9,11,26H2,1-2H3,(H,28,34)(H,29,32)(H,30,35)/t12-,14+,15-,18-/m1/s1. The predicted molar refractivity (Wildman–Crippen MR) is 133 cm³/mol. The normalized spacial score (nSPS) is 22.5. The fourth-order valence-corrected chi connectivity index (χ4v) is 5.05. The third-order valence-electron chi connectivity index (χ3n) is 6.93. The number of para-hydroxylation sites is 1. The lowest BCUT2D eigenvalue weighted by molar-refractivity contribution is -0.124. The van der Waals surface area contributed by atoms with Crippen LogP contribution < -0.4 is 21.7 Å². The second kappa shape index (κ2) is 9.27. The van der Waals surface area contributed by atoms with Gasteiger partial charge in [-0.05, 0) is 51.7 Å². The van der Waals surface area contributed by atoms with Gasteiger partial charge in [0.25, 0.3) is 5.91 Å². The summed E-state index contributed by atoms with van der Waals surface area (Å²) in [7, 11) is 0. The molecule has 4 atom stereocenters. The highest BCUT2D eigenvalue weighted by Crippen LogP contribution is 2.33. The van der Waals surface area contributed by atoms with E-state index in [0.717, 1.165) is 59.4 Å². The number of aliphatic hydroxyl groups is 1.